The van der Waals surface area contributed by atoms with Gasteiger partial charge in [-0.3, -0.25) is 4.79 Å². The van der Waals surface area contributed by atoms with Crippen LogP contribution in [0.25, 0.3) is 0 Å². The van der Waals surface area contributed by atoms with E-state index in [2.05, 4.69) is 4.90 Å². The fraction of sp³-hybridized carbons (Fsp3) is 0.909. The third-order valence-electron chi connectivity index (χ3n) is 3.65. The summed E-state index contributed by atoms with van der Waals surface area (Å²) in [7, 11) is 0. The highest BCUT2D eigenvalue weighted by Gasteiger charge is 2.52. The van der Waals surface area contributed by atoms with Gasteiger partial charge in [-0.05, 0) is 24.2 Å². The quantitative estimate of drug-likeness (QED) is 0.741. The minimum atomic E-state index is -0.642. The molecule has 0 aromatic heterocycles. The van der Waals surface area contributed by atoms with Crippen molar-refractivity contribution < 1.29 is 9.90 Å². The van der Waals surface area contributed by atoms with Gasteiger partial charge in [0.2, 0.25) is 0 Å². The zero-order valence-corrected chi connectivity index (χ0v) is 8.99. The molecule has 1 heterocycles. The molecule has 1 N–H and O–H groups in total. The van der Waals surface area contributed by atoms with E-state index in [9.17, 15) is 4.79 Å². The van der Waals surface area contributed by atoms with Crippen molar-refractivity contribution in [3.63, 3.8) is 0 Å². The lowest BCUT2D eigenvalue weighted by Gasteiger charge is -2.41. The largest absolute Gasteiger partial charge is 0.481 e. The molecule has 1 unspecified atom stereocenters. The molecule has 2 rings (SSSR count). The first-order valence-electron chi connectivity index (χ1n) is 5.48. The number of aliphatic carboxylic acids is 1. The van der Waals surface area contributed by atoms with E-state index in [1.54, 1.807) is 0 Å². The maximum Gasteiger partial charge on any atom is 0.308 e. The van der Waals surface area contributed by atoms with Crippen LogP contribution in [-0.4, -0.2) is 35.6 Å². The van der Waals surface area contributed by atoms with E-state index in [4.69, 9.17) is 5.11 Å². The molecule has 3 heteroatoms. The first-order valence-corrected chi connectivity index (χ1v) is 5.48. The molecule has 1 aliphatic carbocycles. The summed E-state index contributed by atoms with van der Waals surface area (Å²) in [5, 5.41) is 9.03. The van der Waals surface area contributed by atoms with Gasteiger partial charge in [0.1, 0.15) is 0 Å². The summed E-state index contributed by atoms with van der Waals surface area (Å²) in [6.45, 7) is 7.01. The number of carboxylic acid groups (broad SMARTS) is 1. The van der Waals surface area contributed by atoms with Crippen LogP contribution in [0.15, 0.2) is 0 Å². The lowest BCUT2D eigenvalue weighted by Crippen LogP contribution is -2.51. The highest BCUT2D eigenvalue weighted by molar-refractivity contribution is 5.70. The summed E-state index contributed by atoms with van der Waals surface area (Å²) < 4.78 is 0. The lowest BCUT2D eigenvalue weighted by atomic mass is 9.90. The molecule has 1 aliphatic heterocycles. The Kier molecular flexibility index (Phi) is 2.30. The summed E-state index contributed by atoms with van der Waals surface area (Å²) in [5.74, 6) is -0.592. The smallest absolute Gasteiger partial charge is 0.308 e. The molecule has 0 aromatic rings. The predicted molar refractivity (Wildman–Crippen MR) is 54.1 cm³/mol. The first kappa shape index (κ1) is 9.97. The van der Waals surface area contributed by atoms with Crippen LogP contribution >= 0.6 is 0 Å². The minimum absolute atomic E-state index is 0.189. The molecule has 0 bridgehead atoms. The first-order chi connectivity index (χ1) is 6.52. The van der Waals surface area contributed by atoms with Crippen molar-refractivity contribution in [2.24, 2.45) is 17.3 Å². The predicted octanol–water partition coefficient (Wildman–Crippen LogP) is 1.44. The van der Waals surface area contributed by atoms with Crippen LogP contribution in [0.1, 0.15) is 26.7 Å². The second kappa shape index (κ2) is 3.23. The Morgan fingerprint density at radius 2 is 2.00 bits per heavy atom. The van der Waals surface area contributed by atoms with Crippen LogP contribution in [0.3, 0.4) is 0 Å². The van der Waals surface area contributed by atoms with Gasteiger partial charge in [0.05, 0.1) is 5.92 Å². The molecular weight excluding hydrogens is 178 g/mol. The SMILES string of the molecule is CC(C)C(CN1CC2(CC2)C1)C(=O)O. The van der Waals surface area contributed by atoms with Gasteiger partial charge in [-0.15, -0.1) is 0 Å². The van der Waals surface area contributed by atoms with Gasteiger partial charge < -0.3 is 10.0 Å². The van der Waals surface area contributed by atoms with E-state index in [0.29, 0.717) is 5.41 Å². The van der Waals surface area contributed by atoms with Crippen molar-refractivity contribution in [2.45, 2.75) is 26.7 Å². The van der Waals surface area contributed by atoms with Crippen LogP contribution in [0.2, 0.25) is 0 Å². The topological polar surface area (TPSA) is 40.5 Å². The summed E-state index contributed by atoms with van der Waals surface area (Å²) >= 11 is 0. The minimum Gasteiger partial charge on any atom is -0.481 e. The van der Waals surface area contributed by atoms with E-state index < -0.39 is 5.97 Å². The highest BCUT2D eigenvalue weighted by Crippen LogP contribution is 2.52. The van der Waals surface area contributed by atoms with Crippen molar-refractivity contribution in [2.75, 3.05) is 19.6 Å². The molecule has 2 fully saturated rings. The number of carbonyl (C=O) groups is 1. The van der Waals surface area contributed by atoms with Gasteiger partial charge >= 0.3 is 5.97 Å². The monoisotopic (exact) mass is 197 g/mol. The Labute approximate surface area is 85.1 Å². The third kappa shape index (κ3) is 1.78. The average Bonchev–Trinajstić information content (AvgIpc) is 2.75. The highest BCUT2D eigenvalue weighted by atomic mass is 16.4. The van der Waals surface area contributed by atoms with Crippen molar-refractivity contribution in [1.29, 1.82) is 0 Å². The number of rotatable bonds is 4. The Balaban J connectivity index is 1.80. The summed E-state index contributed by atoms with van der Waals surface area (Å²) in [6, 6.07) is 0. The maximum atomic E-state index is 11.0. The zero-order chi connectivity index (χ0) is 10.3. The second-order valence-corrected chi connectivity index (χ2v) is 5.36. The lowest BCUT2D eigenvalue weighted by molar-refractivity contribution is -0.145. The number of nitrogens with zero attached hydrogens (tertiary/aromatic N) is 1. The van der Waals surface area contributed by atoms with E-state index in [0.717, 1.165) is 19.6 Å². The van der Waals surface area contributed by atoms with Gasteiger partial charge in [0.25, 0.3) is 0 Å². The number of hydrogen-bond acceptors (Lipinski definition) is 2. The van der Waals surface area contributed by atoms with Crippen molar-refractivity contribution in [1.82, 2.24) is 4.90 Å². The van der Waals surface area contributed by atoms with Gasteiger partial charge in [-0.1, -0.05) is 13.8 Å². The van der Waals surface area contributed by atoms with Crippen molar-refractivity contribution in [3.8, 4) is 0 Å². The van der Waals surface area contributed by atoms with Gasteiger partial charge in [0.15, 0.2) is 0 Å². The van der Waals surface area contributed by atoms with Crippen LogP contribution in [0.4, 0.5) is 0 Å². The fourth-order valence-corrected chi connectivity index (χ4v) is 2.38. The van der Waals surface area contributed by atoms with Crippen molar-refractivity contribution >= 4 is 5.97 Å². The number of hydrogen-bond donors (Lipinski definition) is 1. The summed E-state index contributed by atoms with van der Waals surface area (Å²) in [6.07, 6.45) is 2.73. The maximum absolute atomic E-state index is 11.0. The van der Waals surface area contributed by atoms with Crippen LogP contribution in [0, 0.1) is 17.3 Å². The van der Waals surface area contributed by atoms with Gasteiger partial charge in [0, 0.05) is 19.6 Å². The van der Waals surface area contributed by atoms with E-state index in [-0.39, 0.29) is 11.8 Å². The number of likely N-dealkylation sites (tertiary alicyclic amines) is 1. The third-order valence-corrected chi connectivity index (χ3v) is 3.65. The molecule has 80 valence electrons. The number of carboxylic acids is 1. The molecule has 2 aliphatic rings. The van der Waals surface area contributed by atoms with E-state index in [1.165, 1.54) is 12.8 Å². The van der Waals surface area contributed by atoms with Gasteiger partial charge in [-0.25, -0.2) is 0 Å². The average molecular weight is 197 g/mol. The van der Waals surface area contributed by atoms with E-state index >= 15 is 0 Å². The fourth-order valence-electron chi connectivity index (χ4n) is 2.38. The molecule has 0 aromatic carbocycles. The standard InChI is InChI=1S/C11H19NO2/c1-8(2)9(10(13)14)5-12-6-11(7-12)3-4-11/h8-9H,3-7H2,1-2H3,(H,13,14). The summed E-state index contributed by atoms with van der Waals surface area (Å²) in [5.41, 5.74) is 0.639. The van der Waals surface area contributed by atoms with Crippen LogP contribution < -0.4 is 0 Å². The molecule has 14 heavy (non-hydrogen) atoms. The Bertz CT molecular complexity index is 238. The molecule has 1 spiro atoms. The Hall–Kier alpha value is -0.570. The molecule has 0 radical (unpaired) electrons. The molecular formula is C11H19NO2. The zero-order valence-electron chi connectivity index (χ0n) is 8.99. The normalized spacial score (nSPS) is 26.2. The molecule has 1 atom stereocenters. The van der Waals surface area contributed by atoms with Crippen molar-refractivity contribution in [3.05, 3.63) is 0 Å². The van der Waals surface area contributed by atoms with Crippen LogP contribution in [0.5, 0.6) is 0 Å². The van der Waals surface area contributed by atoms with E-state index in [1.807, 2.05) is 13.8 Å². The summed E-state index contributed by atoms with van der Waals surface area (Å²) in [4.78, 5) is 13.3. The van der Waals surface area contributed by atoms with Crippen LogP contribution in [-0.2, 0) is 4.79 Å². The Morgan fingerprint density at radius 1 is 1.43 bits per heavy atom. The molecule has 1 saturated heterocycles. The molecule has 1 saturated carbocycles. The molecule has 0 amide bonds. The Morgan fingerprint density at radius 3 is 2.36 bits per heavy atom. The van der Waals surface area contributed by atoms with Gasteiger partial charge in [-0.2, -0.15) is 0 Å². The molecule has 3 nitrogen and oxygen atoms in total. The second-order valence-electron chi connectivity index (χ2n) is 5.36.